The molecule has 1 atom stereocenters. The summed E-state index contributed by atoms with van der Waals surface area (Å²) in [6, 6.07) is 5.84. The number of rotatable bonds is 2. The van der Waals surface area contributed by atoms with E-state index in [9.17, 15) is 0 Å². The van der Waals surface area contributed by atoms with Gasteiger partial charge in [0, 0.05) is 18.9 Å². The second kappa shape index (κ2) is 3.74. The zero-order chi connectivity index (χ0) is 10.9. The standard InChI is InChI=1S/C12H16O3/c1-4-12(2)14-8-9-6-5-7-10(13-3)11(9)15-12/h5-7H,4,8H2,1-3H3. The predicted octanol–water partition coefficient (Wildman–Crippen LogP) is 2.73. The Kier molecular flexibility index (Phi) is 2.57. The van der Waals surface area contributed by atoms with Crippen molar-refractivity contribution in [2.45, 2.75) is 32.7 Å². The molecule has 0 aliphatic carbocycles. The molecule has 1 unspecified atom stereocenters. The Bertz CT molecular complexity index is 348. The molecule has 0 radical (unpaired) electrons. The Morgan fingerprint density at radius 3 is 2.93 bits per heavy atom. The van der Waals surface area contributed by atoms with Gasteiger partial charge in [-0.2, -0.15) is 0 Å². The number of para-hydroxylation sites is 1. The molecule has 0 amide bonds. The Labute approximate surface area is 90.0 Å². The molecule has 0 bridgehead atoms. The van der Waals surface area contributed by atoms with Gasteiger partial charge in [0.05, 0.1) is 13.7 Å². The highest BCUT2D eigenvalue weighted by molar-refractivity contribution is 5.47. The van der Waals surface area contributed by atoms with Gasteiger partial charge in [-0.3, -0.25) is 0 Å². The summed E-state index contributed by atoms with van der Waals surface area (Å²) in [6.45, 7) is 4.57. The molecule has 0 saturated carbocycles. The first-order valence-electron chi connectivity index (χ1n) is 5.17. The fourth-order valence-corrected chi connectivity index (χ4v) is 1.60. The Morgan fingerprint density at radius 1 is 1.47 bits per heavy atom. The van der Waals surface area contributed by atoms with Crippen LogP contribution in [0.15, 0.2) is 18.2 Å². The van der Waals surface area contributed by atoms with Gasteiger partial charge in [0.15, 0.2) is 11.5 Å². The first kappa shape index (κ1) is 10.3. The summed E-state index contributed by atoms with van der Waals surface area (Å²) < 4.78 is 16.8. The summed E-state index contributed by atoms with van der Waals surface area (Å²) in [6.07, 6.45) is 0.810. The molecule has 0 spiro atoms. The molecule has 3 nitrogen and oxygen atoms in total. The minimum atomic E-state index is -0.526. The van der Waals surface area contributed by atoms with E-state index in [4.69, 9.17) is 14.2 Å². The van der Waals surface area contributed by atoms with Crippen LogP contribution in [0.1, 0.15) is 25.8 Å². The van der Waals surface area contributed by atoms with Crippen molar-refractivity contribution in [3.05, 3.63) is 23.8 Å². The lowest BCUT2D eigenvalue weighted by atomic mass is 10.1. The van der Waals surface area contributed by atoms with Gasteiger partial charge in [-0.15, -0.1) is 0 Å². The molecule has 0 aromatic heterocycles. The summed E-state index contributed by atoms with van der Waals surface area (Å²) in [5.41, 5.74) is 1.04. The van der Waals surface area contributed by atoms with Gasteiger partial charge >= 0.3 is 0 Å². The number of hydrogen-bond acceptors (Lipinski definition) is 3. The van der Waals surface area contributed by atoms with Gasteiger partial charge in [0.1, 0.15) is 0 Å². The fraction of sp³-hybridized carbons (Fsp3) is 0.500. The van der Waals surface area contributed by atoms with Gasteiger partial charge in [0.25, 0.3) is 0 Å². The molecule has 1 aromatic carbocycles. The number of ether oxygens (including phenoxy) is 3. The molecule has 15 heavy (non-hydrogen) atoms. The minimum absolute atomic E-state index is 0.526. The lowest BCUT2D eigenvalue weighted by Crippen LogP contribution is -2.38. The molecular formula is C12H16O3. The van der Waals surface area contributed by atoms with Crippen LogP contribution >= 0.6 is 0 Å². The van der Waals surface area contributed by atoms with E-state index in [2.05, 4.69) is 0 Å². The average molecular weight is 208 g/mol. The van der Waals surface area contributed by atoms with Gasteiger partial charge in [-0.1, -0.05) is 19.1 Å². The van der Waals surface area contributed by atoms with Crippen molar-refractivity contribution in [1.82, 2.24) is 0 Å². The number of benzene rings is 1. The molecule has 1 aliphatic rings. The van der Waals surface area contributed by atoms with Gasteiger partial charge in [0.2, 0.25) is 5.79 Å². The van der Waals surface area contributed by atoms with E-state index in [1.54, 1.807) is 7.11 Å². The van der Waals surface area contributed by atoms with Crippen LogP contribution in [0.3, 0.4) is 0 Å². The number of methoxy groups -OCH3 is 1. The van der Waals surface area contributed by atoms with Crippen LogP contribution in [0.25, 0.3) is 0 Å². The van der Waals surface area contributed by atoms with Crippen molar-refractivity contribution in [2.75, 3.05) is 7.11 Å². The first-order chi connectivity index (χ1) is 7.18. The minimum Gasteiger partial charge on any atom is -0.493 e. The Balaban J connectivity index is 2.38. The van der Waals surface area contributed by atoms with Crippen molar-refractivity contribution >= 4 is 0 Å². The fourth-order valence-electron chi connectivity index (χ4n) is 1.60. The van der Waals surface area contributed by atoms with Crippen LogP contribution < -0.4 is 9.47 Å². The third-order valence-corrected chi connectivity index (χ3v) is 2.77. The molecule has 3 heteroatoms. The summed E-state index contributed by atoms with van der Waals surface area (Å²) in [5.74, 6) is 1.06. The van der Waals surface area contributed by atoms with E-state index >= 15 is 0 Å². The molecule has 2 rings (SSSR count). The molecule has 1 aromatic rings. The average Bonchev–Trinajstić information content (AvgIpc) is 2.28. The van der Waals surface area contributed by atoms with Gasteiger partial charge < -0.3 is 14.2 Å². The normalized spacial score (nSPS) is 24.2. The largest absolute Gasteiger partial charge is 0.493 e. The quantitative estimate of drug-likeness (QED) is 0.748. The number of hydrogen-bond donors (Lipinski definition) is 0. The smallest absolute Gasteiger partial charge is 0.207 e. The van der Waals surface area contributed by atoms with E-state index in [1.807, 2.05) is 32.0 Å². The van der Waals surface area contributed by atoms with E-state index in [-0.39, 0.29) is 0 Å². The van der Waals surface area contributed by atoms with Crippen LogP contribution in [0.2, 0.25) is 0 Å². The second-order valence-corrected chi connectivity index (χ2v) is 3.83. The molecule has 0 fully saturated rings. The predicted molar refractivity (Wildman–Crippen MR) is 57.1 cm³/mol. The summed E-state index contributed by atoms with van der Waals surface area (Å²) in [4.78, 5) is 0. The molecule has 1 heterocycles. The van der Waals surface area contributed by atoms with Gasteiger partial charge in [-0.25, -0.2) is 0 Å². The molecule has 0 saturated heterocycles. The van der Waals surface area contributed by atoms with Crippen LogP contribution in [0, 0.1) is 0 Å². The summed E-state index contributed by atoms with van der Waals surface area (Å²) in [7, 11) is 1.65. The molecular weight excluding hydrogens is 192 g/mol. The SMILES string of the molecule is CCC1(C)OCc2cccc(OC)c2O1. The Hall–Kier alpha value is -1.22. The van der Waals surface area contributed by atoms with Crippen molar-refractivity contribution in [3.8, 4) is 11.5 Å². The lowest BCUT2D eigenvalue weighted by molar-refractivity contribution is -0.195. The van der Waals surface area contributed by atoms with Crippen LogP contribution in [0.5, 0.6) is 11.5 Å². The van der Waals surface area contributed by atoms with Crippen molar-refractivity contribution in [1.29, 1.82) is 0 Å². The third-order valence-electron chi connectivity index (χ3n) is 2.77. The molecule has 1 aliphatic heterocycles. The summed E-state index contributed by atoms with van der Waals surface area (Å²) >= 11 is 0. The van der Waals surface area contributed by atoms with E-state index in [0.717, 1.165) is 23.5 Å². The first-order valence-corrected chi connectivity index (χ1v) is 5.17. The summed E-state index contributed by atoms with van der Waals surface area (Å²) in [5, 5.41) is 0. The lowest BCUT2D eigenvalue weighted by Gasteiger charge is -2.35. The highest BCUT2D eigenvalue weighted by Crippen LogP contribution is 2.39. The highest BCUT2D eigenvalue weighted by Gasteiger charge is 2.32. The zero-order valence-electron chi connectivity index (χ0n) is 9.37. The highest BCUT2D eigenvalue weighted by atomic mass is 16.7. The second-order valence-electron chi connectivity index (χ2n) is 3.83. The maximum absolute atomic E-state index is 5.84. The molecule has 0 N–H and O–H groups in total. The van der Waals surface area contributed by atoms with Crippen LogP contribution in [0.4, 0.5) is 0 Å². The van der Waals surface area contributed by atoms with Crippen LogP contribution in [-0.2, 0) is 11.3 Å². The van der Waals surface area contributed by atoms with Crippen molar-refractivity contribution in [3.63, 3.8) is 0 Å². The van der Waals surface area contributed by atoms with E-state index in [0.29, 0.717) is 6.61 Å². The van der Waals surface area contributed by atoms with E-state index < -0.39 is 5.79 Å². The maximum atomic E-state index is 5.84. The zero-order valence-corrected chi connectivity index (χ0v) is 9.37. The maximum Gasteiger partial charge on any atom is 0.207 e. The van der Waals surface area contributed by atoms with E-state index in [1.165, 1.54) is 0 Å². The monoisotopic (exact) mass is 208 g/mol. The van der Waals surface area contributed by atoms with Gasteiger partial charge in [-0.05, 0) is 6.07 Å². The topological polar surface area (TPSA) is 27.7 Å². The third kappa shape index (κ3) is 1.79. The molecule has 82 valence electrons. The Morgan fingerprint density at radius 2 is 2.27 bits per heavy atom. The van der Waals surface area contributed by atoms with Crippen molar-refractivity contribution < 1.29 is 14.2 Å². The van der Waals surface area contributed by atoms with Crippen molar-refractivity contribution in [2.24, 2.45) is 0 Å². The number of fused-ring (bicyclic) bond motifs is 1. The van der Waals surface area contributed by atoms with Crippen LogP contribution in [-0.4, -0.2) is 12.9 Å².